The fourth-order valence-electron chi connectivity index (χ4n) is 0.975. The van der Waals surface area contributed by atoms with E-state index in [0.717, 1.165) is 6.54 Å². The predicted molar refractivity (Wildman–Crippen MR) is 42.7 cm³/mol. The number of nitrogens with zero attached hydrogens (tertiary/aromatic N) is 2. The fraction of sp³-hybridized carbons (Fsp3) is 0.625. The highest BCUT2D eigenvalue weighted by atomic mass is 15.1. The molecular formula is C8H17N2+3. The molecule has 1 heterocycles. The minimum atomic E-state index is 0. The monoisotopic (exact) mass is 141 g/mol. The third kappa shape index (κ3) is 1.87. The Bertz CT molecular complexity index is 199. The summed E-state index contributed by atoms with van der Waals surface area (Å²) in [6.45, 7) is 3.36. The Morgan fingerprint density at radius 1 is 1.60 bits per heavy atom. The lowest BCUT2D eigenvalue weighted by Gasteiger charge is -1.90. The number of rotatable bonds is 3. The quantitative estimate of drug-likeness (QED) is 0.562. The lowest BCUT2D eigenvalue weighted by Crippen LogP contribution is -2.23. The van der Waals surface area contributed by atoms with Crippen LogP contribution in [0.15, 0.2) is 18.7 Å². The molecule has 1 aromatic rings. The molecule has 0 aliphatic rings. The number of aromatic nitrogens is 2. The molecule has 0 radical (unpaired) electrons. The first-order chi connectivity index (χ1) is 4.83. The molecule has 0 aliphatic heterocycles. The highest BCUT2D eigenvalue weighted by molar-refractivity contribution is 4.65. The topological polar surface area (TPSA) is 8.81 Å². The minimum Gasteiger partial charge on any atom is -0.240 e. The van der Waals surface area contributed by atoms with Crippen LogP contribution in [0.2, 0.25) is 0 Å². The summed E-state index contributed by atoms with van der Waals surface area (Å²) < 4.78 is 4.28. The van der Waals surface area contributed by atoms with Gasteiger partial charge in [0.15, 0.2) is 0 Å². The summed E-state index contributed by atoms with van der Waals surface area (Å²) in [6, 6.07) is 0. The van der Waals surface area contributed by atoms with Crippen molar-refractivity contribution in [3.05, 3.63) is 18.7 Å². The van der Waals surface area contributed by atoms with Gasteiger partial charge in [-0.3, -0.25) is 0 Å². The van der Waals surface area contributed by atoms with Gasteiger partial charge in [0.05, 0.1) is 13.6 Å². The first-order valence-corrected chi connectivity index (χ1v) is 3.84. The van der Waals surface area contributed by atoms with Crippen LogP contribution < -0.4 is 4.57 Å². The van der Waals surface area contributed by atoms with E-state index in [4.69, 9.17) is 0 Å². The summed E-state index contributed by atoms with van der Waals surface area (Å²) in [5.41, 5.74) is 0. The molecular weight excluding hydrogens is 124 g/mol. The van der Waals surface area contributed by atoms with Crippen LogP contribution in [-0.2, 0) is 13.6 Å². The molecule has 1 aromatic heterocycles. The van der Waals surface area contributed by atoms with Crippen molar-refractivity contribution in [3.8, 4) is 0 Å². The van der Waals surface area contributed by atoms with Crippen molar-refractivity contribution in [1.29, 1.82) is 0 Å². The molecule has 0 amide bonds. The van der Waals surface area contributed by atoms with Gasteiger partial charge in [0.25, 0.3) is 0 Å². The third-order valence-corrected chi connectivity index (χ3v) is 1.59. The van der Waals surface area contributed by atoms with Crippen LogP contribution in [0.5, 0.6) is 0 Å². The molecule has 0 N–H and O–H groups in total. The van der Waals surface area contributed by atoms with Gasteiger partial charge in [-0.05, 0) is 6.42 Å². The Kier molecular flexibility index (Phi) is 2.49. The van der Waals surface area contributed by atoms with Crippen LogP contribution in [0.3, 0.4) is 0 Å². The fourth-order valence-corrected chi connectivity index (χ4v) is 0.975. The van der Waals surface area contributed by atoms with Gasteiger partial charge >= 0.3 is 2.85 Å². The second-order valence-corrected chi connectivity index (χ2v) is 2.67. The van der Waals surface area contributed by atoms with Crippen molar-refractivity contribution in [2.24, 2.45) is 7.05 Å². The zero-order valence-corrected chi connectivity index (χ0v) is 6.75. The van der Waals surface area contributed by atoms with E-state index in [1.807, 2.05) is 7.05 Å². The van der Waals surface area contributed by atoms with Crippen LogP contribution in [0, 0.1) is 0 Å². The van der Waals surface area contributed by atoms with E-state index >= 15 is 0 Å². The van der Waals surface area contributed by atoms with Crippen molar-refractivity contribution < 1.29 is 7.42 Å². The van der Waals surface area contributed by atoms with E-state index in [9.17, 15) is 0 Å². The van der Waals surface area contributed by atoms with Gasteiger partial charge in [0, 0.05) is 0 Å². The lowest BCUT2D eigenvalue weighted by molar-refractivity contribution is -0.671. The van der Waals surface area contributed by atoms with E-state index in [-0.39, 0.29) is 2.85 Å². The molecule has 0 saturated heterocycles. The predicted octanol–water partition coefficient (Wildman–Crippen LogP) is 1.34. The first-order valence-electron chi connectivity index (χ1n) is 3.84. The molecule has 2 nitrogen and oxygen atoms in total. The smallest absolute Gasteiger partial charge is 0.240 e. The van der Waals surface area contributed by atoms with E-state index < -0.39 is 0 Å². The highest BCUT2D eigenvalue weighted by Crippen LogP contribution is 1.91. The number of hydrogen-bond donors (Lipinski definition) is 0. The van der Waals surface area contributed by atoms with Crippen molar-refractivity contribution in [1.82, 2.24) is 4.57 Å². The van der Waals surface area contributed by atoms with Gasteiger partial charge in [-0.1, -0.05) is 13.3 Å². The van der Waals surface area contributed by atoms with Gasteiger partial charge in [-0.2, -0.15) is 0 Å². The maximum absolute atomic E-state index is 2.21. The summed E-state index contributed by atoms with van der Waals surface area (Å²) in [7, 11) is 2.04. The molecule has 0 atom stereocenters. The Morgan fingerprint density at radius 2 is 2.40 bits per heavy atom. The molecule has 0 saturated carbocycles. The molecule has 2 heteroatoms. The normalized spacial score (nSPS) is 10.2. The Balaban J connectivity index is 0. The Morgan fingerprint density at radius 3 is 2.90 bits per heavy atom. The second kappa shape index (κ2) is 3.40. The van der Waals surface area contributed by atoms with Crippen LogP contribution >= 0.6 is 0 Å². The van der Waals surface area contributed by atoms with Crippen molar-refractivity contribution in [2.75, 3.05) is 0 Å². The largest absolute Gasteiger partial charge is 1.00 e. The van der Waals surface area contributed by atoms with E-state index in [1.165, 1.54) is 12.8 Å². The van der Waals surface area contributed by atoms with E-state index in [0.29, 0.717) is 0 Å². The number of aryl methyl sites for hydroxylation is 2. The zero-order valence-electron chi connectivity index (χ0n) is 8.75. The molecule has 1 rings (SSSR count). The van der Waals surface area contributed by atoms with Crippen molar-refractivity contribution >= 4 is 0 Å². The number of unbranched alkanes of at least 4 members (excludes halogenated alkanes) is 1. The van der Waals surface area contributed by atoms with Crippen molar-refractivity contribution in [2.45, 2.75) is 26.3 Å². The SMILES string of the molecule is CCCCn1cc[n+](C)c1.[H+].[H+]. The molecule has 0 spiro atoms. The number of hydrogen-bond acceptors (Lipinski definition) is 0. The summed E-state index contributed by atoms with van der Waals surface area (Å²) in [4.78, 5) is 0. The van der Waals surface area contributed by atoms with Gasteiger partial charge in [-0.15, -0.1) is 0 Å². The number of imidazole rings is 1. The van der Waals surface area contributed by atoms with Gasteiger partial charge in [-0.25, -0.2) is 9.13 Å². The average molecular weight is 141 g/mol. The summed E-state index contributed by atoms with van der Waals surface area (Å²) in [5.74, 6) is 0. The minimum absolute atomic E-state index is 0. The van der Waals surface area contributed by atoms with Gasteiger partial charge in [0.2, 0.25) is 6.33 Å². The molecule has 0 bridgehead atoms. The highest BCUT2D eigenvalue weighted by Gasteiger charge is 1.96. The molecule has 56 valence electrons. The molecule has 0 unspecified atom stereocenters. The molecule has 0 fully saturated rings. The Hall–Kier alpha value is -0.790. The third-order valence-electron chi connectivity index (χ3n) is 1.59. The molecule has 10 heavy (non-hydrogen) atoms. The first kappa shape index (κ1) is 7.32. The summed E-state index contributed by atoms with van der Waals surface area (Å²) in [5, 5.41) is 0. The zero-order chi connectivity index (χ0) is 7.40. The van der Waals surface area contributed by atoms with Crippen LogP contribution in [0.4, 0.5) is 0 Å². The molecule has 0 aliphatic carbocycles. The average Bonchev–Trinajstić information content (AvgIpc) is 2.31. The summed E-state index contributed by atoms with van der Waals surface area (Å²) in [6.07, 6.45) is 8.82. The Labute approximate surface area is 65.1 Å². The van der Waals surface area contributed by atoms with E-state index in [2.05, 4.69) is 34.8 Å². The summed E-state index contributed by atoms with van der Waals surface area (Å²) >= 11 is 0. The van der Waals surface area contributed by atoms with E-state index in [1.54, 1.807) is 0 Å². The maximum atomic E-state index is 2.21. The van der Waals surface area contributed by atoms with Gasteiger partial charge < -0.3 is 0 Å². The second-order valence-electron chi connectivity index (χ2n) is 2.67. The maximum Gasteiger partial charge on any atom is 1.00 e. The lowest BCUT2D eigenvalue weighted by atomic mass is 10.3. The van der Waals surface area contributed by atoms with Crippen molar-refractivity contribution in [3.63, 3.8) is 0 Å². The standard InChI is InChI=1S/C8H15N2/c1-3-4-5-10-7-6-9(2)8-10/h6-8H,3-5H2,1-2H3/q+1/p+2. The van der Waals surface area contributed by atoms with Crippen LogP contribution in [-0.4, -0.2) is 4.57 Å². The van der Waals surface area contributed by atoms with Crippen LogP contribution in [0.25, 0.3) is 0 Å². The molecule has 0 aromatic carbocycles. The van der Waals surface area contributed by atoms with Gasteiger partial charge in [0.1, 0.15) is 12.4 Å². The van der Waals surface area contributed by atoms with Crippen LogP contribution in [0.1, 0.15) is 22.6 Å².